The summed E-state index contributed by atoms with van der Waals surface area (Å²) in [7, 11) is -3.86. The minimum atomic E-state index is -3.86. The number of sulfonamides is 1. The highest BCUT2D eigenvalue weighted by atomic mass is 32.2. The molecule has 1 saturated heterocycles. The lowest BCUT2D eigenvalue weighted by Crippen LogP contribution is -2.43. The number of rotatable bonds is 5. The van der Waals surface area contributed by atoms with E-state index in [1.54, 1.807) is 30.0 Å². The fourth-order valence-corrected chi connectivity index (χ4v) is 6.20. The van der Waals surface area contributed by atoms with Gasteiger partial charge in [0.25, 0.3) is 0 Å². The number of hydrogen-bond donors (Lipinski definition) is 1. The zero-order chi connectivity index (χ0) is 19.7. The van der Waals surface area contributed by atoms with Crippen molar-refractivity contribution >= 4 is 56.1 Å². The van der Waals surface area contributed by atoms with Gasteiger partial charge in [-0.05, 0) is 49.4 Å². The van der Waals surface area contributed by atoms with Crippen molar-refractivity contribution < 1.29 is 13.2 Å². The van der Waals surface area contributed by atoms with Gasteiger partial charge in [-0.3, -0.25) is 4.79 Å². The van der Waals surface area contributed by atoms with Crippen molar-refractivity contribution in [3.05, 3.63) is 42.5 Å². The van der Waals surface area contributed by atoms with Crippen LogP contribution in [0.15, 0.2) is 52.3 Å². The number of fused-ring (bicyclic) bond motifs is 1. The van der Waals surface area contributed by atoms with E-state index >= 15 is 0 Å². The van der Waals surface area contributed by atoms with Crippen LogP contribution in [0.4, 0.5) is 5.69 Å². The van der Waals surface area contributed by atoms with Crippen molar-refractivity contribution in [2.24, 2.45) is 0 Å². The van der Waals surface area contributed by atoms with E-state index in [1.807, 2.05) is 24.5 Å². The molecule has 28 heavy (non-hydrogen) atoms. The molecule has 0 unspecified atom stereocenters. The van der Waals surface area contributed by atoms with E-state index in [9.17, 15) is 13.2 Å². The first-order chi connectivity index (χ1) is 13.5. The third kappa shape index (κ3) is 3.52. The molecular formula is C18H18N4O3S3. The van der Waals surface area contributed by atoms with Crippen molar-refractivity contribution in [1.29, 1.82) is 0 Å². The molecule has 3 aromatic rings. The van der Waals surface area contributed by atoms with E-state index in [0.29, 0.717) is 36.1 Å². The fraction of sp³-hybridized carbons (Fsp3) is 0.278. The molecule has 10 heteroatoms. The van der Waals surface area contributed by atoms with E-state index in [2.05, 4.69) is 14.1 Å². The summed E-state index contributed by atoms with van der Waals surface area (Å²) < 4.78 is 36.1. The third-order valence-corrected chi connectivity index (χ3v) is 7.89. The number of aromatic nitrogens is 2. The molecule has 4 rings (SSSR count). The van der Waals surface area contributed by atoms with Crippen LogP contribution >= 0.6 is 23.5 Å². The Balaban J connectivity index is 1.62. The van der Waals surface area contributed by atoms with Gasteiger partial charge in [0, 0.05) is 17.1 Å². The quantitative estimate of drug-likeness (QED) is 0.620. The van der Waals surface area contributed by atoms with Gasteiger partial charge in [-0.15, -0.1) is 11.8 Å². The number of hydrogen-bond acceptors (Lipinski definition) is 7. The first-order valence-electron chi connectivity index (χ1n) is 8.69. The minimum absolute atomic E-state index is 0.0998. The maximum atomic E-state index is 13.3. The van der Waals surface area contributed by atoms with Crippen molar-refractivity contribution in [1.82, 2.24) is 13.1 Å². The number of carbonyl (C=O) groups excluding carboxylic acids is 1. The Morgan fingerprint density at radius 3 is 2.89 bits per heavy atom. The molecule has 0 bridgehead atoms. The average Bonchev–Trinajstić information content (AvgIpc) is 3.37. The topological polar surface area (TPSA) is 92.3 Å². The van der Waals surface area contributed by atoms with Crippen LogP contribution in [0.3, 0.4) is 0 Å². The maximum Gasteiger partial charge on any atom is 0.246 e. The average molecular weight is 435 g/mol. The molecule has 1 N–H and O–H groups in total. The second kappa shape index (κ2) is 7.78. The lowest BCUT2D eigenvalue weighted by molar-refractivity contribution is -0.119. The van der Waals surface area contributed by atoms with Gasteiger partial charge in [-0.25, -0.2) is 8.42 Å². The number of nitrogens with one attached hydrogen (secondary N) is 1. The number of carbonyl (C=O) groups is 1. The van der Waals surface area contributed by atoms with E-state index in [1.165, 1.54) is 10.4 Å². The van der Waals surface area contributed by atoms with Gasteiger partial charge < -0.3 is 5.32 Å². The highest BCUT2D eigenvalue weighted by Crippen LogP contribution is 2.30. The molecule has 146 valence electrons. The summed E-state index contributed by atoms with van der Waals surface area (Å²) in [6.45, 7) is 0.305. The summed E-state index contributed by atoms with van der Waals surface area (Å²) in [5.74, 6) is -0.317. The lowest BCUT2D eigenvalue weighted by Gasteiger charge is -2.23. The van der Waals surface area contributed by atoms with Gasteiger partial charge in [0.2, 0.25) is 15.9 Å². The maximum absolute atomic E-state index is 13.3. The molecule has 1 aliphatic rings. The summed E-state index contributed by atoms with van der Waals surface area (Å²) in [5, 5.41) is 2.86. The highest BCUT2D eigenvalue weighted by Gasteiger charge is 2.40. The van der Waals surface area contributed by atoms with E-state index in [4.69, 9.17) is 0 Å². The van der Waals surface area contributed by atoms with E-state index in [0.717, 1.165) is 16.6 Å². The summed E-state index contributed by atoms with van der Waals surface area (Å²) in [5.41, 5.74) is 1.55. The van der Waals surface area contributed by atoms with Gasteiger partial charge >= 0.3 is 0 Å². The summed E-state index contributed by atoms with van der Waals surface area (Å²) in [4.78, 5) is 14.0. The summed E-state index contributed by atoms with van der Waals surface area (Å²) in [6.07, 6.45) is 3.08. The van der Waals surface area contributed by atoms with Gasteiger partial charge in [-0.2, -0.15) is 13.1 Å². The van der Waals surface area contributed by atoms with Crippen LogP contribution in [0.2, 0.25) is 0 Å². The lowest BCUT2D eigenvalue weighted by atomic mass is 10.2. The predicted molar refractivity (Wildman–Crippen MR) is 111 cm³/mol. The van der Waals surface area contributed by atoms with Gasteiger partial charge in [0.1, 0.15) is 22.0 Å². The molecular weight excluding hydrogens is 416 g/mol. The number of benzene rings is 2. The molecule has 0 saturated carbocycles. The first kappa shape index (κ1) is 19.3. The number of amides is 1. The largest absolute Gasteiger partial charge is 0.325 e. The zero-order valence-corrected chi connectivity index (χ0v) is 17.5. The Bertz CT molecular complexity index is 1130. The molecule has 1 aromatic heterocycles. The summed E-state index contributed by atoms with van der Waals surface area (Å²) in [6, 6.07) is 11.6. The second-order valence-corrected chi connectivity index (χ2v) is 9.65. The smallest absolute Gasteiger partial charge is 0.246 e. The minimum Gasteiger partial charge on any atom is -0.325 e. The molecule has 1 amide bonds. The number of nitrogens with zero attached hydrogens (tertiary/aromatic N) is 3. The molecule has 0 aliphatic carbocycles. The van der Waals surface area contributed by atoms with E-state index in [-0.39, 0.29) is 10.8 Å². The molecule has 1 aliphatic heterocycles. The Morgan fingerprint density at radius 2 is 2.07 bits per heavy atom. The van der Waals surface area contributed by atoms with E-state index < -0.39 is 16.1 Å². The Morgan fingerprint density at radius 1 is 1.25 bits per heavy atom. The molecule has 0 spiro atoms. The third-order valence-electron chi connectivity index (χ3n) is 4.68. The number of anilines is 1. The molecule has 2 aromatic carbocycles. The molecule has 1 atom stereocenters. The van der Waals surface area contributed by atoms with Crippen LogP contribution in [0, 0.1) is 0 Å². The van der Waals surface area contributed by atoms with Crippen molar-refractivity contribution in [3.8, 4) is 0 Å². The molecule has 7 nitrogen and oxygen atoms in total. The van der Waals surface area contributed by atoms with Gasteiger partial charge in [0.15, 0.2) is 0 Å². The van der Waals surface area contributed by atoms with Crippen LogP contribution in [0.1, 0.15) is 12.8 Å². The first-order valence-corrected chi connectivity index (χ1v) is 12.1. The van der Waals surface area contributed by atoms with Gasteiger partial charge in [-0.1, -0.05) is 12.1 Å². The van der Waals surface area contributed by atoms with Crippen LogP contribution in [-0.2, 0) is 14.8 Å². The second-order valence-electron chi connectivity index (χ2n) is 6.38. The monoisotopic (exact) mass is 434 g/mol. The SMILES string of the molecule is CSc1cccc(NC(=O)[C@H]2CCCN2S(=O)(=O)c2cccc3nsnc23)c1. The van der Waals surface area contributed by atoms with Crippen LogP contribution in [0.25, 0.3) is 11.0 Å². The van der Waals surface area contributed by atoms with Crippen molar-refractivity contribution in [3.63, 3.8) is 0 Å². The van der Waals surface area contributed by atoms with Crippen molar-refractivity contribution in [2.45, 2.75) is 28.7 Å². The summed E-state index contributed by atoms with van der Waals surface area (Å²) >= 11 is 2.55. The standard InChI is InChI=1S/C18H18N4O3S3/c1-26-13-6-2-5-12(11-13)19-18(23)15-8-4-10-22(15)28(24,25)16-9-3-7-14-17(16)21-27-20-14/h2-3,5-7,9,11,15H,4,8,10H2,1H3,(H,19,23)/t15-/m1/s1. The highest BCUT2D eigenvalue weighted by molar-refractivity contribution is 7.98. The van der Waals surface area contributed by atoms with Crippen LogP contribution < -0.4 is 5.32 Å². The fourth-order valence-electron chi connectivity index (χ4n) is 3.33. The Kier molecular flexibility index (Phi) is 5.37. The Hall–Kier alpha value is -2.01. The predicted octanol–water partition coefficient (Wildman–Crippen LogP) is 3.21. The zero-order valence-electron chi connectivity index (χ0n) is 15.0. The number of thioether (sulfide) groups is 1. The van der Waals surface area contributed by atoms with Crippen LogP contribution in [-0.4, -0.2) is 46.2 Å². The van der Waals surface area contributed by atoms with Gasteiger partial charge in [0.05, 0.1) is 11.7 Å². The normalized spacial score (nSPS) is 17.8. The Labute approximate surface area is 171 Å². The molecule has 2 heterocycles. The van der Waals surface area contributed by atoms with Crippen LogP contribution in [0.5, 0.6) is 0 Å². The van der Waals surface area contributed by atoms with Crippen molar-refractivity contribution in [2.75, 3.05) is 18.1 Å². The molecule has 0 radical (unpaired) electrons. The molecule has 1 fully saturated rings.